The summed E-state index contributed by atoms with van der Waals surface area (Å²) in [5, 5.41) is 11.6. The Hall–Kier alpha value is -1.49. The SMILES string of the molecule is Cc1ccc(SCC(=O)NCC(C)(C)C(=O)O)cc1. The highest BCUT2D eigenvalue weighted by molar-refractivity contribution is 8.00. The van der Waals surface area contributed by atoms with E-state index in [-0.39, 0.29) is 12.5 Å². The topological polar surface area (TPSA) is 66.4 Å². The molecule has 0 saturated heterocycles. The van der Waals surface area contributed by atoms with Gasteiger partial charge in [-0.2, -0.15) is 0 Å². The molecule has 19 heavy (non-hydrogen) atoms. The van der Waals surface area contributed by atoms with E-state index in [9.17, 15) is 9.59 Å². The molecular weight excluding hydrogens is 262 g/mol. The van der Waals surface area contributed by atoms with Gasteiger partial charge < -0.3 is 10.4 Å². The molecule has 0 radical (unpaired) electrons. The molecule has 104 valence electrons. The second-order valence-corrected chi connectivity index (χ2v) is 6.12. The molecule has 0 aliphatic rings. The zero-order valence-electron chi connectivity index (χ0n) is 11.4. The van der Waals surface area contributed by atoms with Gasteiger partial charge in [0.2, 0.25) is 5.91 Å². The third-order valence-electron chi connectivity index (χ3n) is 2.70. The Morgan fingerprint density at radius 3 is 2.37 bits per heavy atom. The van der Waals surface area contributed by atoms with E-state index in [4.69, 9.17) is 5.11 Å². The molecule has 1 aromatic rings. The molecule has 0 atom stereocenters. The van der Waals surface area contributed by atoms with E-state index in [1.807, 2.05) is 31.2 Å². The molecule has 0 spiro atoms. The van der Waals surface area contributed by atoms with Crippen LogP contribution in [-0.2, 0) is 9.59 Å². The first kappa shape index (κ1) is 15.6. The fourth-order valence-corrected chi connectivity index (χ4v) is 1.96. The van der Waals surface area contributed by atoms with Crippen LogP contribution in [0.25, 0.3) is 0 Å². The molecule has 0 saturated carbocycles. The molecule has 0 bridgehead atoms. The number of carbonyl (C=O) groups excluding carboxylic acids is 1. The lowest BCUT2D eigenvalue weighted by molar-refractivity contribution is -0.146. The molecule has 1 rings (SSSR count). The van der Waals surface area contributed by atoms with Gasteiger partial charge in [-0.15, -0.1) is 11.8 Å². The van der Waals surface area contributed by atoms with Crippen molar-refractivity contribution in [2.24, 2.45) is 5.41 Å². The van der Waals surface area contributed by atoms with E-state index in [2.05, 4.69) is 5.32 Å². The van der Waals surface area contributed by atoms with Crippen LogP contribution in [0.5, 0.6) is 0 Å². The van der Waals surface area contributed by atoms with Crippen molar-refractivity contribution in [2.45, 2.75) is 25.7 Å². The summed E-state index contributed by atoms with van der Waals surface area (Å²) in [6.07, 6.45) is 0. The Morgan fingerprint density at radius 2 is 1.84 bits per heavy atom. The minimum Gasteiger partial charge on any atom is -0.481 e. The number of aliphatic carboxylic acids is 1. The normalized spacial score (nSPS) is 11.1. The van der Waals surface area contributed by atoms with Crippen molar-refractivity contribution in [3.8, 4) is 0 Å². The molecular formula is C14H19NO3S. The Morgan fingerprint density at radius 1 is 1.26 bits per heavy atom. The number of nitrogens with one attached hydrogen (secondary N) is 1. The van der Waals surface area contributed by atoms with Gasteiger partial charge in [0.1, 0.15) is 0 Å². The predicted molar refractivity (Wildman–Crippen MR) is 76.3 cm³/mol. The first-order valence-electron chi connectivity index (χ1n) is 6.01. The number of benzene rings is 1. The van der Waals surface area contributed by atoms with Gasteiger partial charge in [0.25, 0.3) is 0 Å². The zero-order valence-corrected chi connectivity index (χ0v) is 12.2. The van der Waals surface area contributed by atoms with Crippen LogP contribution in [0.4, 0.5) is 0 Å². The fraction of sp³-hybridized carbons (Fsp3) is 0.429. The van der Waals surface area contributed by atoms with Gasteiger partial charge in [0, 0.05) is 11.4 Å². The van der Waals surface area contributed by atoms with Crippen LogP contribution in [0.15, 0.2) is 29.2 Å². The highest BCUT2D eigenvalue weighted by atomic mass is 32.2. The number of hydrogen-bond donors (Lipinski definition) is 2. The number of carbonyl (C=O) groups is 2. The van der Waals surface area contributed by atoms with Crippen LogP contribution < -0.4 is 5.32 Å². The molecule has 0 fully saturated rings. The maximum Gasteiger partial charge on any atom is 0.310 e. The molecule has 0 aliphatic carbocycles. The smallest absolute Gasteiger partial charge is 0.310 e. The van der Waals surface area contributed by atoms with Crippen LogP contribution in [0.1, 0.15) is 19.4 Å². The summed E-state index contributed by atoms with van der Waals surface area (Å²) >= 11 is 1.44. The van der Waals surface area contributed by atoms with Crippen molar-refractivity contribution in [3.63, 3.8) is 0 Å². The van der Waals surface area contributed by atoms with E-state index < -0.39 is 11.4 Å². The summed E-state index contributed by atoms with van der Waals surface area (Å²) < 4.78 is 0. The predicted octanol–water partition coefficient (Wildman–Crippen LogP) is 2.31. The first-order chi connectivity index (χ1) is 8.81. The fourth-order valence-electron chi connectivity index (χ4n) is 1.23. The molecule has 1 aromatic carbocycles. The number of amides is 1. The lowest BCUT2D eigenvalue weighted by atomic mass is 9.94. The Bertz CT molecular complexity index is 454. The molecule has 0 unspecified atom stereocenters. The highest BCUT2D eigenvalue weighted by Crippen LogP contribution is 2.18. The summed E-state index contributed by atoms with van der Waals surface area (Å²) in [5.41, 5.74) is 0.237. The molecule has 4 nitrogen and oxygen atoms in total. The summed E-state index contributed by atoms with van der Waals surface area (Å²) in [6.45, 7) is 5.32. The Labute approximate surface area is 117 Å². The van der Waals surface area contributed by atoms with Crippen LogP contribution in [0.3, 0.4) is 0 Å². The number of carboxylic acids is 1. The van der Waals surface area contributed by atoms with Crippen molar-refractivity contribution in [1.82, 2.24) is 5.32 Å². The minimum atomic E-state index is -0.940. The minimum absolute atomic E-state index is 0.135. The van der Waals surface area contributed by atoms with Crippen molar-refractivity contribution in [3.05, 3.63) is 29.8 Å². The second-order valence-electron chi connectivity index (χ2n) is 5.07. The van der Waals surface area contributed by atoms with Gasteiger partial charge in [-0.1, -0.05) is 17.7 Å². The number of thioether (sulfide) groups is 1. The largest absolute Gasteiger partial charge is 0.481 e. The molecule has 1 amide bonds. The number of hydrogen-bond acceptors (Lipinski definition) is 3. The van der Waals surface area contributed by atoms with E-state index in [1.54, 1.807) is 13.8 Å². The number of aryl methyl sites for hydroxylation is 1. The molecule has 2 N–H and O–H groups in total. The number of rotatable bonds is 6. The van der Waals surface area contributed by atoms with Crippen LogP contribution in [0.2, 0.25) is 0 Å². The zero-order chi connectivity index (χ0) is 14.5. The van der Waals surface area contributed by atoms with Crippen LogP contribution in [0, 0.1) is 12.3 Å². The lowest BCUT2D eigenvalue weighted by Crippen LogP contribution is -2.39. The van der Waals surface area contributed by atoms with E-state index in [0.29, 0.717) is 5.75 Å². The van der Waals surface area contributed by atoms with Crippen molar-refractivity contribution < 1.29 is 14.7 Å². The van der Waals surface area contributed by atoms with Gasteiger partial charge in [0.15, 0.2) is 0 Å². The molecule has 0 aliphatic heterocycles. The van der Waals surface area contributed by atoms with Crippen molar-refractivity contribution in [2.75, 3.05) is 12.3 Å². The highest BCUT2D eigenvalue weighted by Gasteiger charge is 2.27. The van der Waals surface area contributed by atoms with E-state index in [1.165, 1.54) is 17.3 Å². The summed E-state index contributed by atoms with van der Waals surface area (Å²) in [7, 11) is 0. The standard InChI is InChI=1S/C14H19NO3S/c1-10-4-6-11(7-5-10)19-8-12(16)15-9-14(2,3)13(17)18/h4-7H,8-9H2,1-3H3,(H,15,16)(H,17,18). The van der Waals surface area contributed by atoms with Gasteiger partial charge in [-0.05, 0) is 32.9 Å². The van der Waals surface area contributed by atoms with Crippen molar-refractivity contribution >= 4 is 23.6 Å². The van der Waals surface area contributed by atoms with Gasteiger partial charge in [-0.25, -0.2) is 0 Å². The van der Waals surface area contributed by atoms with E-state index >= 15 is 0 Å². The quantitative estimate of drug-likeness (QED) is 0.785. The van der Waals surface area contributed by atoms with Gasteiger partial charge >= 0.3 is 5.97 Å². The summed E-state index contributed by atoms with van der Waals surface area (Å²) in [6, 6.07) is 7.92. The Balaban J connectivity index is 2.36. The average Bonchev–Trinajstić information content (AvgIpc) is 2.35. The van der Waals surface area contributed by atoms with Gasteiger partial charge in [0.05, 0.1) is 11.2 Å². The maximum absolute atomic E-state index is 11.6. The van der Waals surface area contributed by atoms with Gasteiger partial charge in [-0.3, -0.25) is 9.59 Å². The average molecular weight is 281 g/mol. The summed E-state index contributed by atoms with van der Waals surface area (Å²) in [4.78, 5) is 23.5. The van der Waals surface area contributed by atoms with Crippen molar-refractivity contribution in [1.29, 1.82) is 0 Å². The first-order valence-corrected chi connectivity index (χ1v) is 6.99. The third-order valence-corrected chi connectivity index (χ3v) is 3.71. The molecule has 0 aromatic heterocycles. The lowest BCUT2D eigenvalue weighted by Gasteiger charge is -2.19. The maximum atomic E-state index is 11.6. The molecule has 0 heterocycles. The van der Waals surface area contributed by atoms with E-state index in [0.717, 1.165) is 4.90 Å². The monoisotopic (exact) mass is 281 g/mol. The summed E-state index contributed by atoms with van der Waals surface area (Å²) in [5.74, 6) is -0.780. The Kier molecular flexibility index (Phi) is 5.42. The second kappa shape index (κ2) is 6.61. The third kappa shape index (κ3) is 5.34. The molecule has 5 heteroatoms. The van der Waals surface area contributed by atoms with Crippen LogP contribution >= 0.6 is 11.8 Å². The number of carboxylic acid groups (broad SMARTS) is 1. The van der Waals surface area contributed by atoms with Crippen LogP contribution in [-0.4, -0.2) is 29.3 Å².